The van der Waals surface area contributed by atoms with Crippen LogP contribution in [-0.2, 0) is 16.4 Å². The van der Waals surface area contributed by atoms with Gasteiger partial charge in [-0.2, -0.15) is 0 Å². The molecule has 1 saturated heterocycles. The van der Waals surface area contributed by atoms with Gasteiger partial charge >= 0.3 is 5.97 Å². The van der Waals surface area contributed by atoms with E-state index < -0.39 is 21.8 Å². The summed E-state index contributed by atoms with van der Waals surface area (Å²) in [7, 11) is -4.15. The monoisotopic (exact) mass is 460 g/mol. The van der Waals surface area contributed by atoms with Gasteiger partial charge in [0.25, 0.3) is 10.0 Å². The number of carboxylic acid groups (broad SMARTS) is 1. The number of hydrogen-bond donors (Lipinski definition) is 2. The van der Waals surface area contributed by atoms with Crippen molar-refractivity contribution >= 4 is 21.7 Å². The van der Waals surface area contributed by atoms with Crippen LogP contribution in [0.1, 0.15) is 46.7 Å². The summed E-state index contributed by atoms with van der Waals surface area (Å²) in [5.74, 6) is -0.842. The van der Waals surface area contributed by atoms with Gasteiger partial charge in [0.05, 0.1) is 17.2 Å². The van der Waals surface area contributed by atoms with Crippen LogP contribution in [0.3, 0.4) is 0 Å². The molecule has 0 amide bonds. The first kappa shape index (κ1) is 21.2. The molecule has 0 aromatic heterocycles. The van der Waals surface area contributed by atoms with Crippen LogP contribution in [0, 0.1) is 11.7 Å². The summed E-state index contributed by atoms with van der Waals surface area (Å²) in [6.45, 7) is 2.98. The topological polar surface area (TPSA) is 95.9 Å². The van der Waals surface area contributed by atoms with Crippen molar-refractivity contribution in [2.24, 2.45) is 5.92 Å². The van der Waals surface area contributed by atoms with Gasteiger partial charge in [0.2, 0.25) is 0 Å². The van der Waals surface area contributed by atoms with Crippen LogP contribution in [0.25, 0.3) is 0 Å². The summed E-state index contributed by atoms with van der Waals surface area (Å²) < 4.78 is 48.6. The molecule has 2 aliphatic heterocycles. The molecule has 2 unspecified atom stereocenters. The molecular weight excluding hydrogens is 435 g/mol. The Labute approximate surface area is 186 Å². The molecule has 2 aromatic carbocycles. The van der Waals surface area contributed by atoms with Gasteiger partial charge in [0, 0.05) is 12.5 Å². The third-order valence-electron chi connectivity index (χ3n) is 6.62. The Morgan fingerprint density at radius 3 is 2.75 bits per heavy atom. The summed E-state index contributed by atoms with van der Waals surface area (Å²) in [4.78, 5) is 14.2. The number of likely N-dealkylation sites (tertiary alicyclic amines) is 1. The molecule has 5 rings (SSSR count). The highest BCUT2D eigenvalue weighted by Gasteiger charge is 2.45. The van der Waals surface area contributed by atoms with Crippen molar-refractivity contribution in [2.45, 2.75) is 36.5 Å². The SMILES string of the molecule is O=C(O)c1c(NS(=O)(=O)c2ccc(F)cc2CCN2CCCC2)ccc2c1OCC1CC21. The van der Waals surface area contributed by atoms with Crippen LogP contribution < -0.4 is 9.46 Å². The van der Waals surface area contributed by atoms with Gasteiger partial charge < -0.3 is 14.7 Å². The number of benzene rings is 2. The first-order valence-corrected chi connectivity index (χ1v) is 12.4. The number of halogens is 1. The molecule has 0 bridgehead atoms. The van der Waals surface area contributed by atoms with E-state index in [1.54, 1.807) is 6.07 Å². The normalized spacial score (nSPS) is 22.0. The zero-order valence-electron chi connectivity index (χ0n) is 17.5. The number of carbonyl (C=O) groups is 1. The lowest BCUT2D eigenvalue weighted by molar-refractivity contribution is 0.0692. The van der Waals surface area contributed by atoms with E-state index in [4.69, 9.17) is 4.74 Å². The average molecular weight is 461 g/mol. The summed E-state index contributed by atoms with van der Waals surface area (Å²) >= 11 is 0. The fraction of sp³-hybridized carbons (Fsp3) is 0.435. The van der Waals surface area contributed by atoms with Gasteiger partial charge in [-0.25, -0.2) is 17.6 Å². The lowest BCUT2D eigenvalue weighted by atomic mass is 10.0. The van der Waals surface area contributed by atoms with Crippen molar-refractivity contribution in [3.8, 4) is 5.75 Å². The Morgan fingerprint density at radius 1 is 1.22 bits per heavy atom. The van der Waals surface area contributed by atoms with Crippen molar-refractivity contribution in [2.75, 3.05) is 31.0 Å². The van der Waals surface area contributed by atoms with Crippen molar-refractivity contribution in [1.82, 2.24) is 4.90 Å². The highest BCUT2D eigenvalue weighted by Crippen LogP contribution is 2.55. The Hall–Kier alpha value is -2.65. The predicted octanol–water partition coefficient (Wildman–Crippen LogP) is 3.46. The Bertz CT molecular complexity index is 1180. The number of carboxylic acids is 1. The van der Waals surface area contributed by atoms with Gasteiger partial charge in [-0.1, -0.05) is 6.07 Å². The first-order chi connectivity index (χ1) is 15.3. The van der Waals surface area contributed by atoms with E-state index in [2.05, 4.69) is 9.62 Å². The molecule has 1 saturated carbocycles. The van der Waals surface area contributed by atoms with Crippen molar-refractivity contribution < 1.29 is 27.4 Å². The number of anilines is 1. The Balaban J connectivity index is 1.46. The fourth-order valence-corrected chi connectivity index (χ4v) is 6.16. The van der Waals surface area contributed by atoms with Gasteiger partial charge in [-0.15, -0.1) is 0 Å². The van der Waals surface area contributed by atoms with E-state index in [0.717, 1.165) is 44.0 Å². The molecule has 2 atom stereocenters. The molecule has 7 nitrogen and oxygen atoms in total. The maximum Gasteiger partial charge on any atom is 0.341 e. The molecule has 32 heavy (non-hydrogen) atoms. The second kappa shape index (κ2) is 8.04. The van der Waals surface area contributed by atoms with E-state index in [-0.39, 0.29) is 27.8 Å². The maximum absolute atomic E-state index is 13.9. The summed E-state index contributed by atoms with van der Waals surface area (Å²) in [5, 5.41) is 9.82. The summed E-state index contributed by atoms with van der Waals surface area (Å²) in [5.41, 5.74) is 0.952. The first-order valence-electron chi connectivity index (χ1n) is 10.9. The number of fused-ring (bicyclic) bond motifs is 3. The molecule has 2 fully saturated rings. The Morgan fingerprint density at radius 2 is 2.00 bits per heavy atom. The molecule has 1 aliphatic carbocycles. The van der Waals surface area contributed by atoms with Gasteiger partial charge in [0.1, 0.15) is 17.1 Å². The molecule has 0 radical (unpaired) electrons. The highest BCUT2D eigenvalue weighted by atomic mass is 32.2. The van der Waals surface area contributed by atoms with E-state index in [0.29, 0.717) is 31.1 Å². The zero-order valence-corrected chi connectivity index (χ0v) is 18.3. The minimum Gasteiger partial charge on any atom is -0.492 e. The van der Waals surface area contributed by atoms with Crippen molar-refractivity contribution in [3.63, 3.8) is 0 Å². The predicted molar refractivity (Wildman–Crippen MR) is 116 cm³/mol. The summed E-state index contributed by atoms with van der Waals surface area (Å²) in [6, 6.07) is 6.81. The maximum atomic E-state index is 13.9. The van der Waals surface area contributed by atoms with Crippen LogP contribution in [0.15, 0.2) is 35.2 Å². The molecule has 2 aromatic rings. The number of nitrogens with zero attached hydrogens (tertiary/aromatic N) is 1. The largest absolute Gasteiger partial charge is 0.492 e. The van der Waals surface area contributed by atoms with Gasteiger partial charge in [-0.05, 0) is 80.1 Å². The van der Waals surface area contributed by atoms with Gasteiger partial charge in [0.15, 0.2) is 0 Å². The molecule has 0 spiro atoms. The number of sulfonamides is 1. The lowest BCUT2D eigenvalue weighted by Crippen LogP contribution is -2.24. The number of hydrogen-bond acceptors (Lipinski definition) is 5. The molecule has 2 heterocycles. The molecular formula is C23H25FN2O5S. The minimum atomic E-state index is -4.15. The van der Waals surface area contributed by atoms with Gasteiger partial charge in [-0.3, -0.25) is 4.72 Å². The fourth-order valence-electron chi connectivity index (χ4n) is 4.84. The highest BCUT2D eigenvalue weighted by molar-refractivity contribution is 7.92. The van der Waals surface area contributed by atoms with Crippen LogP contribution in [0.5, 0.6) is 5.75 Å². The number of ether oxygens (including phenoxy) is 1. The van der Waals surface area contributed by atoms with Crippen molar-refractivity contribution in [1.29, 1.82) is 0 Å². The lowest BCUT2D eigenvalue weighted by Gasteiger charge is -2.21. The third kappa shape index (κ3) is 3.95. The molecule has 2 N–H and O–H groups in total. The molecule has 170 valence electrons. The van der Waals surface area contributed by atoms with Crippen LogP contribution in [-0.4, -0.2) is 50.6 Å². The third-order valence-corrected chi connectivity index (χ3v) is 8.08. The van der Waals surface area contributed by atoms with E-state index in [1.165, 1.54) is 18.2 Å². The smallest absolute Gasteiger partial charge is 0.341 e. The Kier molecular flexibility index (Phi) is 5.33. The van der Waals surface area contributed by atoms with E-state index in [1.807, 2.05) is 0 Å². The summed E-state index contributed by atoms with van der Waals surface area (Å²) in [6.07, 6.45) is 3.55. The van der Waals surface area contributed by atoms with E-state index in [9.17, 15) is 22.7 Å². The molecule has 3 aliphatic rings. The van der Waals surface area contributed by atoms with Crippen LogP contribution >= 0.6 is 0 Å². The second-order valence-electron chi connectivity index (χ2n) is 8.78. The standard InChI is InChI=1S/C23H25FN2O5S/c24-16-3-6-20(14(11-16)7-10-26-8-1-2-9-26)32(29,30)25-19-5-4-17-18-12-15(18)13-31-22(17)21(19)23(27)28/h3-6,11,15,18,25H,1-2,7-10,12-13H2,(H,27,28). The minimum absolute atomic E-state index is 0.0460. The number of aromatic carboxylic acids is 1. The second-order valence-corrected chi connectivity index (χ2v) is 10.4. The quantitative estimate of drug-likeness (QED) is 0.657. The number of rotatable bonds is 7. The van der Waals surface area contributed by atoms with E-state index >= 15 is 0 Å². The number of nitrogens with one attached hydrogen (secondary N) is 1. The van der Waals surface area contributed by atoms with Crippen LogP contribution in [0.2, 0.25) is 0 Å². The average Bonchev–Trinajstić information content (AvgIpc) is 3.36. The van der Waals surface area contributed by atoms with Crippen LogP contribution in [0.4, 0.5) is 10.1 Å². The van der Waals surface area contributed by atoms with Crippen molar-refractivity contribution in [3.05, 3.63) is 52.8 Å². The zero-order chi connectivity index (χ0) is 22.5. The molecule has 9 heteroatoms.